The number of aliphatic carboxylic acids is 1. The molecule has 0 aromatic heterocycles. The van der Waals surface area contributed by atoms with E-state index < -0.39 is 95.0 Å². The molecule has 298 valence electrons. The predicted octanol–water partition coefficient (Wildman–Crippen LogP) is 3.84. The molecule has 2 aromatic carbocycles. The third kappa shape index (κ3) is 8.30. The monoisotopic (exact) mass is 769 g/mol. The van der Waals surface area contributed by atoms with Crippen molar-refractivity contribution >= 4 is 45.9 Å². The summed E-state index contributed by atoms with van der Waals surface area (Å²) >= 11 is 0. The Morgan fingerprint density at radius 1 is 1.02 bits per heavy atom. The summed E-state index contributed by atoms with van der Waals surface area (Å²) in [5.41, 5.74) is -2.66. The fourth-order valence-electron chi connectivity index (χ4n) is 6.77. The first-order chi connectivity index (χ1) is 25.6. The molecule has 16 nitrogen and oxygen atoms in total. The van der Waals surface area contributed by atoms with Crippen LogP contribution in [0.5, 0.6) is 23.0 Å². The Morgan fingerprint density at radius 3 is 2.27 bits per heavy atom. The number of Topliss-reactive ketones (excluding diaryl/α,β-unsaturated/α-hetero) is 2. The average molecular weight is 770 g/mol. The number of rotatable bonds is 5. The van der Waals surface area contributed by atoms with Crippen LogP contribution in [0.4, 0.5) is 5.69 Å². The summed E-state index contributed by atoms with van der Waals surface area (Å²) in [7, 11) is 1.37. The highest BCUT2D eigenvalue weighted by Gasteiger charge is 2.50. The summed E-state index contributed by atoms with van der Waals surface area (Å²) < 4.78 is 28.7. The van der Waals surface area contributed by atoms with Crippen LogP contribution in [0.3, 0.4) is 0 Å². The number of carbonyl (C=O) groups is 5. The zero-order valence-corrected chi connectivity index (χ0v) is 32.0. The number of esters is 1. The number of phenolic OH excluding ortho intramolecular Hbond substituents is 2. The van der Waals surface area contributed by atoms with Gasteiger partial charge in [-0.2, -0.15) is 0 Å². The van der Waals surface area contributed by atoms with Gasteiger partial charge in [-0.25, -0.2) is 4.79 Å². The number of aromatic hydroxyl groups is 2. The maximum Gasteiger partial charge on any atom is 0.341 e. The van der Waals surface area contributed by atoms with Crippen molar-refractivity contribution in [3.63, 3.8) is 0 Å². The van der Waals surface area contributed by atoms with Gasteiger partial charge in [0.05, 0.1) is 35.1 Å². The fraction of sp³-hybridized carbons (Fsp3) is 0.462. The largest absolute Gasteiger partial charge is 0.507 e. The lowest BCUT2D eigenvalue weighted by Crippen LogP contribution is -2.48. The standard InChI is InChI=1S/C39H47NO15/c1-17-11-10-13-38(7,50)35(47)21(5)30(44)19(3)33(54-22(6)41)18(2)24(51-9)12-14-53-39(8)36(48)29-27-25(52-16-26(42)43)15-23(40-37(17)49)32(46)28(27)31(45)20(4)34(29)55-39/h10-15,18-19,21,24,30,33,44-46,50H,16H2,1-9H3,(H,40,49)(H,42,43)/b13-10+,14-12+,17-11-/t18-,19-,21+,24+,30+,33-,38+,39+/m1/s1. The molecule has 16 heteroatoms. The van der Waals surface area contributed by atoms with E-state index in [2.05, 4.69) is 5.32 Å². The summed E-state index contributed by atoms with van der Waals surface area (Å²) in [6.07, 6.45) is 2.81. The number of fused-ring (bicyclic) bond motifs is 14. The van der Waals surface area contributed by atoms with Crippen LogP contribution < -0.4 is 14.8 Å². The lowest BCUT2D eigenvalue weighted by atomic mass is 9.78. The number of hydrogen-bond donors (Lipinski definition) is 6. The first-order valence-electron chi connectivity index (χ1n) is 17.4. The van der Waals surface area contributed by atoms with Crippen LogP contribution >= 0.6 is 0 Å². The summed E-state index contributed by atoms with van der Waals surface area (Å²) in [6.45, 7) is 10.2. The van der Waals surface area contributed by atoms with Crippen LogP contribution in [0, 0.1) is 24.7 Å². The van der Waals surface area contributed by atoms with Crippen molar-refractivity contribution in [3.8, 4) is 23.0 Å². The van der Waals surface area contributed by atoms with Gasteiger partial charge in [-0.15, -0.1) is 0 Å². The topological polar surface area (TPSA) is 245 Å². The predicted molar refractivity (Wildman–Crippen MR) is 196 cm³/mol. The Morgan fingerprint density at radius 2 is 1.67 bits per heavy atom. The highest BCUT2D eigenvalue weighted by molar-refractivity contribution is 6.21. The second-order valence-electron chi connectivity index (χ2n) is 14.2. The minimum absolute atomic E-state index is 0.00200. The molecule has 5 rings (SSSR count). The van der Waals surface area contributed by atoms with Crippen molar-refractivity contribution in [2.75, 3.05) is 19.0 Å². The second kappa shape index (κ2) is 16.1. The van der Waals surface area contributed by atoms with E-state index in [4.69, 9.17) is 23.7 Å². The van der Waals surface area contributed by atoms with Gasteiger partial charge in [-0.05, 0) is 32.9 Å². The van der Waals surface area contributed by atoms with E-state index in [1.165, 1.54) is 66.9 Å². The molecule has 0 unspecified atom stereocenters. The van der Waals surface area contributed by atoms with Crippen LogP contribution in [-0.4, -0.2) is 98.4 Å². The molecule has 6 N–H and O–H groups in total. The third-order valence-corrected chi connectivity index (χ3v) is 9.99. The number of methoxy groups -OCH3 is 1. The molecule has 0 fully saturated rings. The molecule has 3 aliphatic rings. The Labute approximate surface area is 317 Å². The normalized spacial score (nSPS) is 31.2. The number of allylic oxidation sites excluding steroid dienone is 2. The zero-order valence-electron chi connectivity index (χ0n) is 32.0. The van der Waals surface area contributed by atoms with E-state index in [0.717, 1.165) is 18.4 Å². The van der Waals surface area contributed by atoms with Gasteiger partial charge in [0.2, 0.25) is 0 Å². The van der Waals surface area contributed by atoms with Crippen molar-refractivity contribution in [3.05, 3.63) is 53.3 Å². The molecule has 0 saturated heterocycles. The van der Waals surface area contributed by atoms with Gasteiger partial charge in [0, 0.05) is 61.3 Å². The summed E-state index contributed by atoms with van der Waals surface area (Å²) in [5, 5.41) is 56.7. The number of carboxylic acid groups (broad SMARTS) is 1. The van der Waals surface area contributed by atoms with E-state index >= 15 is 0 Å². The van der Waals surface area contributed by atoms with Gasteiger partial charge >= 0.3 is 17.7 Å². The molecule has 0 spiro atoms. The van der Waals surface area contributed by atoms with Gasteiger partial charge in [0.1, 0.15) is 29.0 Å². The molecule has 1 amide bonds. The summed E-state index contributed by atoms with van der Waals surface area (Å²) in [6, 6.07) is 1.08. The molecule has 0 radical (unpaired) electrons. The Balaban J connectivity index is 1.95. The van der Waals surface area contributed by atoms with Gasteiger partial charge in [0.25, 0.3) is 11.7 Å². The minimum Gasteiger partial charge on any atom is -0.507 e. The van der Waals surface area contributed by atoms with Crippen molar-refractivity contribution in [1.82, 2.24) is 0 Å². The quantitative estimate of drug-likeness (QED) is 0.187. The molecule has 3 heterocycles. The number of aliphatic hydroxyl groups excluding tert-OH is 1. The highest BCUT2D eigenvalue weighted by Crippen LogP contribution is 2.54. The number of hydrogen-bond acceptors (Lipinski definition) is 14. The minimum atomic E-state index is -2.13. The van der Waals surface area contributed by atoms with Crippen molar-refractivity contribution in [2.45, 2.75) is 85.1 Å². The summed E-state index contributed by atoms with van der Waals surface area (Å²) in [4.78, 5) is 64.8. The molecule has 0 saturated carbocycles. The van der Waals surface area contributed by atoms with Crippen LogP contribution in [0.1, 0.15) is 64.4 Å². The van der Waals surface area contributed by atoms with Crippen LogP contribution in [-0.2, 0) is 33.4 Å². The number of carboxylic acids is 1. The van der Waals surface area contributed by atoms with Crippen LogP contribution in [0.2, 0.25) is 0 Å². The number of anilines is 1. The van der Waals surface area contributed by atoms with Crippen molar-refractivity contribution in [1.29, 1.82) is 0 Å². The molecule has 2 aromatic rings. The van der Waals surface area contributed by atoms with Gasteiger partial charge in [-0.1, -0.05) is 32.9 Å². The van der Waals surface area contributed by atoms with Crippen LogP contribution in [0.15, 0.2) is 42.2 Å². The lowest BCUT2D eigenvalue weighted by molar-refractivity contribution is -0.160. The maximum atomic E-state index is 14.2. The molecule has 5 bridgehead atoms. The Bertz CT molecular complexity index is 2000. The smallest absolute Gasteiger partial charge is 0.341 e. The third-order valence-electron chi connectivity index (χ3n) is 9.99. The second-order valence-corrected chi connectivity index (χ2v) is 14.2. The fourth-order valence-corrected chi connectivity index (χ4v) is 6.77. The number of phenols is 2. The molecule has 55 heavy (non-hydrogen) atoms. The summed E-state index contributed by atoms with van der Waals surface area (Å²) in [5.74, 6) is -11.0. The molecular weight excluding hydrogens is 722 g/mol. The van der Waals surface area contributed by atoms with E-state index in [1.807, 2.05) is 0 Å². The first kappa shape index (κ1) is 42.3. The number of amides is 1. The van der Waals surface area contributed by atoms with E-state index in [0.29, 0.717) is 0 Å². The van der Waals surface area contributed by atoms with E-state index in [1.54, 1.807) is 13.8 Å². The zero-order chi connectivity index (χ0) is 41.3. The molecule has 3 aliphatic heterocycles. The van der Waals surface area contributed by atoms with Crippen molar-refractivity contribution in [2.24, 2.45) is 17.8 Å². The van der Waals surface area contributed by atoms with E-state index in [9.17, 15) is 49.5 Å². The number of benzene rings is 2. The van der Waals surface area contributed by atoms with Gasteiger partial charge in [0.15, 0.2) is 18.1 Å². The Hall–Kier alpha value is -5.45. The lowest BCUT2D eigenvalue weighted by Gasteiger charge is -2.37. The average Bonchev–Trinajstić information content (AvgIpc) is 3.38. The SMILES string of the molecule is CO[C@H]1/C=C/O[C@@]2(C)Oc3c(C)c(O)c4c(O)c(cc(OCC(=O)O)c4c3C2=O)NC(=O)/C(C)=C\C=C\[C@](C)(O)C(=O)[C@@H](C)[C@@H](O)[C@@H](C)[C@H](OC(C)=O)[C@@H]1C. The Kier molecular flexibility index (Phi) is 12.4. The number of aliphatic hydroxyl groups is 2. The maximum absolute atomic E-state index is 14.2. The van der Waals surface area contributed by atoms with Crippen LogP contribution in [0.25, 0.3) is 10.8 Å². The number of nitrogens with one attached hydrogen (secondary N) is 1. The van der Waals surface area contributed by atoms with Gasteiger partial charge < -0.3 is 54.5 Å². The number of carbonyl (C=O) groups excluding carboxylic acids is 4. The van der Waals surface area contributed by atoms with Crippen molar-refractivity contribution < 1.29 is 73.2 Å². The molecule has 0 aliphatic carbocycles. The van der Waals surface area contributed by atoms with E-state index in [-0.39, 0.29) is 44.7 Å². The van der Waals surface area contributed by atoms with Gasteiger partial charge in [-0.3, -0.25) is 19.2 Å². The first-order valence-corrected chi connectivity index (χ1v) is 17.4. The molecule has 8 atom stereocenters. The highest BCUT2D eigenvalue weighted by atomic mass is 16.7. The number of ether oxygens (including phenoxy) is 5. The molecular formula is C39H47NO15. The number of ketones is 2.